The van der Waals surface area contributed by atoms with Crippen molar-refractivity contribution in [2.75, 3.05) is 6.61 Å². The van der Waals surface area contributed by atoms with E-state index in [-0.39, 0.29) is 0 Å². The summed E-state index contributed by atoms with van der Waals surface area (Å²) in [6, 6.07) is 0. The van der Waals surface area contributed by atoms with Crippen molar-refractivity contribution >= 4 is 0 Å². The second kappa shape index (κ2) is 5.42. The van der Waals surface area contributed by atoms with Crippen LogP contribution >= 0.6 is 0 Å². The molecule has 1 heteroatoms. The number of hydrogen-bond acceptors (Lipinski definition) is 1. The van der Waals surface area contributed by atoms with Gasteiger partial charge in [0.05, 0.1) is 6.26 Å². The summed E-state index contributed by atoms with van der Waals surface area (Å²) >= 11 is 0. The largest absolute Gasteiger partial charge is 0.497 e. The summed E-state index contributed by atoms with van der Waals surface area (Å²) in [5.74, 6) is 0. The van der Waals surface area contributed by atoms with Crippen LogP contribution in [0, 0.1) is 0 Å². The maximum absolute atomic E-state index is 5.06. The molecule has 1 nitrogen and oxygen atoms in total. The summed E-state index contributed by atoms with van der Waals surface area (Å²) in [4.78, 5) is 0. The van der Waals surface area contributed by atoms with Gasteiger partial charge in [0.1, 0.15) is 6.61 Å². The average molecular weight is 126 g/mol. The Hall–Kier alpha value is -0.720. The van der Waals surface area contributed by atoms with E-state index < -0.39 is 0 Å². The van der Waals surface area contributed by atoms with Crippen LogP contribution in [0.25, 0.3) is 0 Å². The molecule has 0 saturated heterocycles. The smallest absolute Gasteiger partial charge is 0.105 e. The van der Waals surface area contributed by atoms with E-state index >= 15 is 0 Å². The fourth-order valence-corrected chi connectivity index (χ4v) is 0.342. The maximum Gasteiger partial charge on any atom is 0.105 e. The van der Waals surface area contributed by atoms with Gasteiger partial charge in [-0.1, -0.05) is 19.6 Å². The summed E-state index contributed by atoms with van der Waals surface area (Å²) < 4.78 is 5.06. The standard InChI is InChI=1S/C8H14O/c1-4-6-9-7-8(3)5-2/h4,7H,1,5-6H2,2-3H3. The molecule has 0 bridgehead atoms. The first-order chi connectivity index (χ1) is 4.31. The SMILES string of the molecule is C=CCOC=C(C)CC. The van der Waals surface area contributed by atoms with Crippen molar-refractivity contribution in [2.24, 2.45) is 0 Å². The van der Waals surface area contributed by atoms with Crippen LogP contribution in [-0.4, -0.2) is 6.61 Å². The topological polar surface area (TPSA) is 9.23 Å². The second-order valence-corrected chi connectivity index (χ2v) is 1.94. The van der Waals surface area contributed by atoms with Crippen LogP contribution in [0.15, 0.2) is 24.5 Å². The highest BCUT2D eigenvalue weighted by molar-refractivity contribution is 4.91. The van der Waals surface area contributed by atoms with Gasteiger partial charge in [-0.2, -0.15) is 0 Å². The summed E-state index contributed by atoms with van der Waals surface area (Å²) in [6.45, 7) is 8.28. The third-order valence-electron chi connectivity index (χ3n) is 1.06. The second-order valence-electron chi connectivity index (χ2n) is 1.94. The number of rotatable bonds is 4. The molecule has 0 atom stereocenters. The highest BCUT2D eigenvalue weighted by Crippen LogP contribution is 1.96. The lowest BCUT2D eigenvalue weighted by Crippen LogP contribution is -1.81. The molecule has 0 aliphatic heterocycles. The summed E-state index contributed by atoms with van der Waals surface area (Å²) in [5, 5.41) is 0. The van der Waals surface area contributed by atoms with Crippen LogP contribution < -0.4 is 0 Å². The highest BCUT2D eigenvalue weighted by atomic mass is 16.5. The van der Waals surface area contributed by atoms with E-state index in [4.69, 9.17) is 4.74 Å². The highest BCUT2D eigenvalue weighted by Gasteiger charge is 1.80. The van der Waals surface area contributed by atoms with E-state index in [2.05, 4.69) is 13.5 Å². The van der Waals surface area contributed by atoms with Crippen LogP contribution in [0.4, 0.5) is 0 Å². The Morgan fingerprint density at radius 3 is 2.78 bits per heavy atom. The molecule has 52 valence electrons. The van der Waals surface area contributed by atoms with Gasteiger partial charge in [-0.15, -0.1) is 0 Å². The number of ether oxygens (including phenoxy) is 1. The van der Waals surface area contributed by atoms with Gasteiger partial charge in [-0.25, -0.2) is 0 Å². The monoisotopic (exact) mass is 126 g/mol. The summed E-state index contributed by atoms with van der Waals surface area (Å²) in [7, 11) is 0. The predicted octanol–water partition coefficient (Wildman–Crippen LogP) is 2.50. The van der Waals surface area contributed by atoms with Crippen LogP contribution in [-0.2, 0) is 4.74 Å². The quantitative estimate of drug-likeness (QED) is 0.319. The van der Waals surface area contributed by atoms with E-state index in [0.717, 1.165) is 6.42 Å². The molecule has 9 heavy (non-hydrogen) atoms. The van der Waals surface area contributed by atoms with Gasteiger partial charge in [-0.05, 0) is 18.9 Å². The molecule has 0 aromatic heterocycles. The van der Waals surface area contributed by atoms with E-state index in [1.165, 1.54) is 5.57 Å². The molecule has 0 heterocycles. The Morgan fingerprint density at radius 2 is 2.33 bits per heavy atom. The fraction of sp³-hybridized carbons (Fsp3) is 0.500. The Bertz CT molecular complexity index is 103. The van der Waals surface area contributed by atoms with E-state index in [9.17, 15) is 0 Å². The third-order valence-corrected chi connectivity index (χ3v) is 1.06. The van der Waals surface area contributed by atoms with Gasteiger partial charge >= 0.3 is 0 Å². The molecular formula is C8H14O. The molecule has 0 aliphatic carbocycles. The molecule has 0 rings (SSSR count). The molecular weight excluding hydrogens is 112 g/mol. The predicted molar refractivity (Wildman–Crippen MR) is 40.2 cm³/mol. The maximum atomic E-state index is 5.06. The zero-order valence-corrected chi connectivity index (χ0v) is 6.18. The van der Waals surface area contributed by atoms with Gasteiger partial charge in [0.25, 0.3) is 0 Å². The van der Waals surface area contributed by atoms with Crippen LogP contribution in [0.1, 0.15) is 20.3 Å². The van der Waals surface area contributed by atoms with Gasteiger partial charge in [0.15, 0.2) is 0 Å². The Kier molecular flexibility index (Phi) is 4.98. The van der Waals surface area contributed by atoms with Crippen molar-refractivity contribution in [3.8, 4) is 0 Å². The van der Waals surface area contributed by atoms with Crippen LogP contribution in [0.2, 0.25) is 0 Å². The van der Waals surface area contributed by atoms with Crippen LogP contribution in [0.3, 0.4) is 0 Å². The first-order valence-corrected chi connectivity index (χ1v) is 3.19. The number of allylic oxidation sites excluding steroid dienone is 1. The van der Waals surface area contributed by atoms with Crippen molar-refractivity contribution in [1.82, 2.24) is 0 Å². The van der Waals surface area contributed by atoms with Gasteiger partial charge in [0, 0.05) is 0 Å². The first kappa shape index (κ1) is 8.28. The molecule has 0 radical (unpaired) electrons. The minimum Gasteiger partial charge on any atom is -0.497 e. The van der Waals surface area contributed by atoms with Gasteiger partial charge < -0.3 is 4.74 Å². The molecule has 0 saturated carbocycles. The molecule has 0 fully saturated rings. The average Bonchev–Trinajstić information content (AvgIpc) is 1.89. The van der Waals surface area contributed by atoms with E-state index in [0.29, 0.717) is 6.61 Å². The molecule has 0 unspecified atom stereocenters. The van der Waals surface area contributed by atoms with Crippen molar-refractivity contribution < 1.29 is 4.74 Å². The lowest BCUT2D eigenvalue weighted by molar-refractivity contribution is 0.286. The molecule has 0 aromatic carbocycles. The van der Waals surface area contributed by atoms with E-state index in [1.807, 2.05) is 6.92 Å². The van der Waals surface area contributed by atoms with Gasteiger partial charge in [-0.3, -0.25) is 0 Å². The molecule has 0 N–H and O–H groups in total. The fourth-order valence-electron chi connectivity index (χ4n) is 0.342. The molecule has 0 spiro atoms. The molecule has 0 aromatic rings. The van der Waals surface area contributed by atoms with Gasteiger partial charge in [0.2, 0.25) is 0 Å². The van der Waals surface area contributed by atoms with Crippen LogP contribution in [0.5, 0.6) is 0 Å². The zero-order chi connectivity index (χ0) is 7.11. The van der Waals surface area contributed by atoms with Crippen molar-refractivity contribution in [1.29, 1.82) is 0 Å². The summed E-state index contributed by atoms with van der Waals surface area (Å²) in [5.41, 5.74) is 1.26. The first-order valence-electron chi connectivity index (χ1n) is 3.19. The Labute approximate surface area is 57.0 Å². The Balaban J connectivity index is 3.31. The van der Waals surface area contributed by atoms with Crippen molar-refractivity contribution in [2.45, 2.75) is 20.3 Å². The molecule has 0 amide bonds. The number of hydrogen-bond donors (Lipinski definition) is 0. The molecule has 0 aliphatic rings. The van der Waals surface area contributed by atoms with Crippen molar-refractivity contribution in [3.63, 3.8) is 0 Å². The lowest BCUT2D eigenvalue weighted by Gasteiger charge is -1.96. The minimum absolute atomic E-state index is 0.608. The third kappa shape index (κ3) is 5.15. The lowest BCUT2D eigenvalue weighted by atomic mass is 10.3. The normalized spacial score (nSPS) is 11.1. The van der Waals surface area contributed by atoms with E-state index in [1.54, 1.807) is 12.3 Å². The Morgan fingerprint density at radius 1 is 1.67 bits per heavy atom. The van der Waals surface area contributed by atoms with Crippen molar-refractivity contribution in [3.05, 3.63) is 24.5 Å². The zero-order valence-electron chi connectivity index (χ0n) is 6.18. The minimum atomic E-state index is 0.608. The summed E-state index contributed by atoms with van der Waals surface area (Å²) in [6.07, 6.45) is 4.57.